The molecule has 1 aromatic carbocycles. The summed E-state index contributed by atoms with van der Waals surface area (Å²) in [6.45, 7) is 5.05. The van der Waals surface area contributed by atoms with Gasteiger partial charge < -0.3 is 19.1 Å². The summed E-state index contributed by atoms with van der Waals surface area (Å²) in [4.78, 5) is 33.6. The van der Waals surface area contributed by atoms with Gasteiger partial charge in [-0.15, -0.1) is 0 Å². The van der Waals surface area contributed by atoms with Gasteiger partial charge in [0.25, 0.3) is 5.91 Å². The smallest absolute Gasteiger partial charge is 0.409 e. The average Bonchev–Trinajstić information content (AvgIpc) is 2.95. The summed E-state index contributed by atoms with van der Waals surface area (Å²) >= 11 is 0. The third-order valence-electron chi connectivity index (χ3n) is 5.70. The number of rotatable bonds is 3. The van der Waals surface area contributed by atoms with Crippen molar-refractivity contribution in [2.45, 2.75) is 39.2 Å². The molecule has 2 amide bonds. The second-order valence-electron chi connectivity index (χ2n) is 7.54. The molecule has 2 aliphatic heterocycles. The number of aromatic nitrogens is 2. The first kappa shape index (κ1) is 19.5. The molecule has 0 N–H and O–H groups in total. The van der Waals surface area contributed by atoms with Crippen LogP contribution in [0.3, 0.4) is 0 Å². The zero-order valence-electron chi connectivity index (χ0n) is 17.0. The van der Waals surface area contributed by atoms with E-state index in [1.807, 2.05) is 35.2 Å². The number of imidazole rings is 1. The van der Waals surface area contributed by atoms with Crippen LogP contribution in [0.5, 0.6) is 0 Å². The van der Waals surface area contributed by atoms with Crippen molar-refractivity contribution in [3.8, 4) is 11.4 Å². The van der Waals surface area contributed by atoms with Gasteiger partial charge in [-0.1, -0.05) is 36.8 Å². The number of carbonyl (C=O) groups excluding carboxylic acids is 2. The largest absolute Gasteiger partial charge is 0.450 e. The van der Waals surface area contributed by atoms with Crippen LogP contribution in [0.1, 0.15) is 42.4 Å². The molecule has 0 unspecified atom stereocenters. The lowest BCUT2D eigenvalue weighted by atomic mass is 10.1. The van der Waals surface area contributed by atoms with E-state index >= 15 is 0 Å². The molecule has 7 heteroatoms. The summed E-state index contributed by atoms with van der Waals surface area (Å²) in [6, 6.07) is 10.1. The fourth-order valence-corrected chi connectivity index (χ4v) is 4.16. The van der Waals surface area contributed by atoms with Crippen molar-refractivity contribution < 1.29 is 14.3 Å². The Morgan fingerprint density at radius 1 is 0.966 bits per heavy atom. The highest BCUT2D eigenvalue weighted by atomic mass is 16.6. The third-order valence-corrected chi connectivity index (χ3v) is 5.70. The second-order valence-corrected chi connectivity index (χ2v) is 7.54. The van der Waals surface area contributed by atoms with E-state index in [9.17, 15) is 9.59 Å². The maximum atomic E-state index is 13.3. The predicted octanol–water partition coefficient (Wildman–Crippen LogP) is 3.19. The second kappa shape index (κ2) is 8.68. The van der Waals surface area contributed by atoms with E-state index in [2.05, 4.69) is 4.57 Å². The summed E-state index contributed by atoms with van der Waals surface area (Å²) in [5.74, 6) is 0.859. The summed E-state index contributed by atoms with van der Waals surface area (Å²) in [5.41, 5.74) is 2.68. The molecule has 4 rings (SSSR count). The van der Waals surface area contributed by atoms with Gasteiger partial charge in [0.2, 0.25) is 0 Å². The van der Waals surface area contributed by atoms with E-state index in [-0.39, 0.29) is 12.0 Å². The maximum Gasteiger partial charge on any atom is 0.409 e. The van der Waals surface area contributed by atoms with Gasteiger partial charge in [0.05, 0.1) is 12.3 Å². The highest BCUT2D eigenvalue weighted by Crippen LogP contribution is 2.28. The Balaban J connectivity index is 1.58. The van der Waals surface area contributed by atoms with Crippen molar-refractivity contribution in [1.82, 2.24) is 19.4 Å². The zero-order chi connectivity index (χ0) is 20.2. The van der Waals surface area contributed by atoms with Gasteiger partial charge in [0, 0.05) is 38.3 Å². The maximum absolute atomic E-state index is 13.3. The minimum atomic E-state index is -0.304. The number of hydrogen-bond donors (Lipinski definition) is 0. The van der Waals surface area contributed by atoms with Crippen LogP contribution in [0.2, 0.25) is 0 Å². The van der Waals surface area contributed by atoms with Crippen molar-refractivity contribution >= 4 is 12.0 Å². The number of carbonyl (C=O) groups is 2. The fourth-order valence-electron chi connectivity index (χ4n) is 4.16. The lowest BCUT2D eigenvalue weighted by Gasteiger charge is -2.33. The molecule has 0 aliphatic carbocycles. The first-order chi connectivity index (χ1) is 14.2. The molecule has 154 valence electrons. The van der Waals surface area contributed by atoms with E-state index in [1.54, 1.807) is 11.8 Å². The van der Waals surface area contributed by atoms with Crippen molar-refractivity contribution in [2.24, 2.45) is 0 Å². The normalized spacial score (nSPS) is 16.9. The molecule has 1 saturated heterocycles. The quantitative estimate of drug-likeness (QED) is 0.799. The predicted molar refractivity (Wildman–Crippen MR) is 110 cm³/mol. The zero-order valence-corrected chi connectivity index (χ0v) is 17.0. The van der Waals surface area contributed by atoms with E-state index in [1.165, 1.54) is 6.42 Å². The molecule has 0 bridgehead atoms. The monoisotopic (exact) mass is 396 g/mol. The Morgan fingerprint density at radius 2 is 1.69 bits per heavy atom. The lowest BCUT2D eigenvalue weighted by Crippen LogP contribution is -2.51. The Kier molecular flexibility index (Phi) is 5.83. The Labute approximate surface area is 171 Å². The summed E-state index contributed by atoms with van der Waals surface area (Å²) in [6.07, 6.45) is 3.93. The Hall–Kier alpha value is -2.83. The fraction of sp³-hybridized carbons (Fsp3) is 0.500. The molecule has 2 aliphatic rings. The number of ether oxygens (including phenoxy) is 1. The van der Waals surface area contributed by atoms with Gasteiger partial charge in [-0.25, -0.2) is 9.78 Å². The van der Waals surface area contributed by atoms with Gasteiger partial charge in [-0.3, -0.25) is 4.79 Å². The molecular weight excluding hydrogens is 368 g/mol. The molecule has 1 fully saturated rings. The molecule has 0 spiro atoms. The van der Waals surface area contributed by atoms with Crippen molar-refractivity contribution in [3.05, 3.63) is 41.7 Å². The SMILES string of the molecule is CCOC(=O)N1CCN(C(=O)c2nc(-c3ccccc3)n3c2CCCCC3)CC1. The van der Waals surface area contributed by atoms with Crippen LogP contribution in [-0.4, -0.2) is 64.1 Å². The minimum absolute atomic E-state index is 0.0265. The molecule has 29 heavy (non-hydrogen) atoms. The minimum Gasteiger partial charge on any atom is -0.450 e. The average molecular weight is 396 g/mol. The summed E-state index contributed by atoms with van der Waals surface area (Å²) < 4.78 is 7.31. The molecule has 7 nitrogen and oxygen atoms in total. The van der Waals surface area contributed by atoms with Gasteiger partial charge >= 0.3 is 6.09 Å². The van der Waals surface area contributed by atoms with Crippen LogP contribution in [0.4, 0.5) is 4.79 Å². The number of amides is 2. The molecule has 2 aromatic rings. The number of nitrogens with zero attached hydrogens (tertiary/aromatic N) is 4. The lowest BCUT2D eigenvalue weighted by molar-refractivity contribution is 0.0565. The van der Waals surface area contributed by atoms with E-state index < -0.39 is 0 Å². The molecule has 0 saturated carbocycles. The first-order valence-electron chi connectivity index (χ1n) is 10.5. The highest BCUT2D eigenvalue weighted by Gasteiger charge is 2.30. The van der Waals surface area contributed by atoms with Gasteiger partial charge in [-0.2, -0.15) is 0 Å². The molecule has 0 atom stereocenters. The third kappa shape index (κ3) is 3.99. The topological polar surface area (TPSA) is 67.7 Å². The van der Waals surface area contributed by atoms with E-state index in [4.69, 9.17) is 9.72 Å². The summed E-state index contributed by atoms with van der Waals surface area (Å²) in [7, 11) is 0. The van der Waals surface area contributed by atoms with E-state index in [0.717, 1.165) is 42.9 Å². The number of piperazine rings is 1. The number of hydrogen-bond acceptors (Lipinski definition) is 4. The van der Waals surface area contributed by atoms with E-state index in [0.29, 0.717) is 38.5 Å². The molecule has 0 radical (unpaired) electrons. The van der Waals surface area contributed by atoms with Crippen LogP contribution in [0.15, 0.2) is 30.3 Å². The molecule has 3 heterocycles. The van der Waals surface area contributed by atoms with Gasteiger partial charge in [0.15, 0.2) is 0 Å². The van der Waals surface area contributed by atoms with Crippen molar-refractivity contribution in [3.63, 3.8) is 0 Å². The van der Waals surface area contributed by atoms with Gasteiger partial charge in [-0.05, 0) is 26.2 Å². The molecule has 1 aromatic heterocycles. The van der Waals surface area contributed by atoms with Crippen molar-refractivity contribution in [1.29, 1.82) is 0 Å². The number of fused-ring (bicyclic) bond motifs is 1. The summed E-state index contributed by atoms with van der Waals surface area (Å²) in [5, 5.41) is 0. The first-order valence-corrected chi connectivity index (χ1v) is 10.5. The number of benzene rings is 1. The molecular formula is C22H28N4O3. The van der Waals surface area contributed by atoms with Crippen LogP contribution in [0.25, 0.3) is 11.4 Å². The Morgan fingerprint density at radius 3 is 2.41 bits per heavy atom. The standard InChI is InChI=1S/C22H28N4O3/c1-2-29-22(28)25-15-13-24(14-16-25)21(27)19-18-11-7-4-8-12-26(18)20(23-19)17-9-5-3-6-10-17/h3,5-6,9-10H,2,4,7-8,11-16H2,1H3. The van der Waals surface area contributed by atoms with Crippen molar-refractivity contribution in [2.75, 3.05) is 32.8 Å². The van der Waals surface area contributed by atoms with Crippen LogP contribution >= 0.6 is 0 Å². The Bertz CT molecular complexity index is 870. The van der Waals surface area contributed by atoms with Crippen LogP contribution in [-0.2, 0) is 17.7 Å². The highest BCUT2D eigenvalue weighted by molar-refractivity contribution is 5.94. The van der Waals surface area contributed by atoms with Crippen LogP contribution in [0, 0.1) is 0 Å². The van der Waals surface area contributed by atoms with Crippen LogP contribution < -0.4 is 0 Å². The van der Waals surface area contributed by atoms with Gasteiger partial charge in [0.1, 0.15) is 11.5 Å².